The van der Waals surface area contributed by atoms with Gasteiger partial charge < -0.3 is 4.74 Å². The molecule has 1 atom stereocenters. The van der Waals surface area contributed by atoms with E-state index < -0.39 is 0 Å². The number of pyridine rings is 1. The lowest BCUT2D eigenvalue weighted by Gasteiger charge is -2.14. The first kappa shape index (κ1) is 14.3. The molecule has 1 heterocycles. The van der Waals surface area contributed by atoms with Crippen LogP contribution in [0, 0.1) is 6.92 Å². The maximum absolute atomic E-state index is 12.5. The van der Waals surface area contributed by atoms with Crippen molar-refractivity contribution in [2.75, 3.05) is 0 Å². The number of aromatic nitrogens is 1. The van der Waals surface area contributed by atoms with Crippen LogP contribution in [0.15, 0.2) is 60.7 Å². The Morgan fingerprint density at radius 1 is 1.05 bits per heavy atom. The van der Waals surface area contributed by atoms with Gasteiger partial charge in [-0.05, 0) is 31.5 Å². The predicted octanol–water partition coefficient (Wildman–Crippen LogP) is 4.46. The molecule has 0 aliphatic rings. The molecule has 3 heteroatoms. The van der Waals surface area contributed by atoms with E-state index in [1.165, 1.54) is 0 Å². The molecule has 0 saturated heterocycles. The lowest BCUT2D eigenvalue weighted by molar-refractivity contribution is 0.0340. The third-order valence-electron chi connectivity index (χ3n) is 3.62. The van der Waals surface area contributed by atoms with Gasteiger partial charge in [0.1, 0.15) is 6.10 Å². The van der Waals surface area contributed by atoms with Crippen LogP contribution in [-0.4, -0.2) is 11.0 Å². The topological polar surface area (TPSA) is 39.2 Å². The lowest BCUT2D eigenvalue weighted by Crippen LogP contribution is -2.10. The van der Waals surface area contributed by atoms with Gasteiger partial charge in [-0.2, -0.15) is 0 Å². The number of esters is 1. The van der Waals surface area contributed by atoms with Gasteiger partial charge in [-0.15, -0.1) is 0 Å². The van der Waals surface area contributed by atoms with E-state index in [2.05, 4.69) is 4.98 Å². The van der Waals surface area contributed by atoms with Crippen LogP contribution in [0.25, 0.3) is 10.9 Å². The van der Waals surface area contributed by atoms with Crippen LogP contribution in [0.2, 0.25) is 0 Å². The van der Waals surface area contributed by atoms with E-state index in [0.29, 0.717) is 5.56 Å². The number of aryl methyl sites for hydroxylation is 1. The summed E-state index contributed by atoms with van der Waals surface area (Å²) in [5.74, 6) is -0.321. The largest absolute Gasteiger partial charge is 0.454 e. The maximum atomic E-state index is 12.5. The lowest BCUT2D eigenvalue weighted by atomic mass is 10.1. The van der Waals surface area contributed by atoms with E-state index in [1.54, 1.807) is 6.07 Å². The third-order valence-corrected chi connectivity index (χ3v) is 3.62. The number of carbonyl (C=O) groups excluding carboxylic acids is 1. The van der Waals surface area contributed by atoms with Gasteiger partial charge in [-0.1, -0.05) is 48.5 Å². The van der Waals surface area contributed by atoms with Crippen molar-refractivity contribution in [1.29, 1.82) is 0 Å². The van der Waals surface area contributed by atoms with Crippen molar-refractivity contribution in [2.24, 2.45) is 0 Å². The Morgan fingerprint density at radius 3 is 2.50 bits per heavy atom. The molecule has 0 N–H and O–H groups in total. The van der Waals surface area contributed by atoms with Crippen molar-refractivity contribution in [3.63, 3.8) is 0 Å². The molecule has 0 amide bonds. The molecule has 0 saturated carbocycles. The molecular formula is C19H17NO2. The van der Waals surface area contributed by atoms with Gasteiger partial charge >= 0.3 is 5.97 Å². The van der Waals surface area contributed by atoms with Crippen LogP contribution in [0.3, 0.4) is 0 Å². The van der Waals surface area contributed by atoms with Crippen LogP contribution in [-0.2, 0) is 4.74 Å². The Balaban J connectivity index is 1.93. The summed E-state index contributed by atoms with van der Waals surface area (Å²) in [6.07, 6.45) is -0.291. The number of ether oxygens (including phenoxy) is 1. The molecule has 1 unspecified atom stereocenters. The maximum Gasteiger partial charge on any atom is 0.339 e. The summed E-state index contributed by atoms with van der Waals surface area (Å²) in [5.41, 5.74) is 3.15. The Morgan fingerprint density at radius 2 is 1.73 bits per heavy atom. The minimum absolute atomic E-state index is 0.291. The number of hydrogen-bond acceptors (Lipinski definition) is 3. The molecule has 110 valence electrons. The Hall–Kier alpha value is -2.68. The van der Waals surface area contributed by atoms with E-state index in [9.17, 15) is 4.79 Å². The van der Waals surface area contributed by atoms with Gasteiger partial charge in [0, 0.05) is 11.1 Å². The molecule has 3 rings (SSSR count). The average molecular weight is 291 g/mol. The molecule has 0 fully saturated rings. The van der Waals surface area contributed by atoms with Gasteiger partial charge in [0.2, 0.25) is 0 Å². The second-order valence-electron chi connectivity index (χ2n) is 5.29. The van der Waals surface area contributed by atoms with E-state index in [1.807, 2.05) is 68.4 Å². The molecular weight excluding hydrogens is 274 g/mol. The number of fused-ring (bicyclic) bond motifs is 1. The molecule has 0 radical (unpaired) electrons. The molecule has 1 aromatic heterocycles. The summed E-state index contributed by atoms with van der Waals surface area (Å²) in [7, 11) is 0. The zero-order valence-electron chi connectivity index (χ0n) is 12.6. The summed E-state index contributed by atoms with van der Waals surface area (Å²) in [6, 6.07) is 19.1. The monoisotopic (exact) mass is 291 g/mol. The summed E-state index contributed by atoms with van der Waals surface area (Å²) in [6.45, 7) is 3.76. The smallest absolute Gasteiger partial charge is 0.339 e. The van der Waals surface area contributed by atoms with Crippen molar-refractivity contribution in [2.45, 2.75) is 20.0 Å². The Bertz CT molecular complexity index is 812. The third kappa shape index (κ3) is 2.84. The normalized spacial score (nSPS) is 12.1. The summed E-state index contributed by atoms with van der Waals surface area (Å²) in [4.78, 5) is 17.0. The number of carbonyl (C=O) groups is 1. The molecule has 22 heavy (non-hydrogen) atoms. The number of hydrogen-bond donors (Lipinski definition) is 0. The molecule has 0 spiro atoms. The highest BCUT2D eigenvalue weighted by molar-refractivity contribution is 6.03. The fraction of sp³-hybridized carbons (Fsp3) is 0.158. The van der Waals surface area contributed by atoms with Gasteiger partial charge in [-0.3, -0.25) is 4.98 Å². The van der Waals surface area contributed by atoms with Crippen LogP contribution >= 0.6 is 0 Å². The zero-order valence-corrected chi connectivity index (χ0v) is 12.6. The first-order chi connectivity index (χ1) is 10.6. The van der Waals surface area contributed by atoms with Gasteiger partial charge in [0.25, 0.3) is 0 Å². The highest BCUT2D eigenvalue weighted by Crippen LogP contribution is 2.23. The second-order valence-corrected chi connectivity index (χ2v) is 5.29. The fourth-order valence-corrected chi connectivity index (χ4v) is 2.49. The summed E-state index contributed by atoms with van der Waals surface area (Å²) < 4.78 is 5.62. The van der Waals surface area contributed by atoms with Crippen molar-refractivity contribution in [3.8, 4) is 0 Å². The van der Waals surface area contributed by atoms with Gasteiger partial charge in [0.15, 0.2) is 0 Å². The van der Waals surface area contributed by atoms with Crippen molar-refractivity contribution < 1.29 is 9.53 Å². The Kier molecular flexibility index (Phi) is 3.88. The molecule has 0 bridgehead atoms. The van der Waals surface area contributed by atoms with Gasteiger partial charge in [-0.25, -0.2) is 4.79 Å². The number of para-hydroxylation sites is 1. The minimum atomic E-state index is -0.321. The number of rotatable bonds is 3. The van der Waals surface area contributed by atoms with E-state index in [4.69, 9.17) is 4.74 Å². The molecule has 3 aromatic rings. The molecule has 0 aliphatic carbocycles. The number of nitrogens with zero attached hydrogens (tertiary/aromatic N) is 1. The first-order valence-corrected chi connectivity index (χ1v) is 7.27. The first-order valence-electron chi connectivity index (χ1n) is 7.27. The highest BCUT2D eigenvalue weighted by Gasteiger charge is 2.17. The van der Waals surface area contributed by atoms with E-state index in [-0.39, 0.29) is 12.1 Å². The summed E-state index contributed by atoms with van der Waals surface area (Å²) in [5, 5.41) is 0.818. The second kappa shape index (κ2) is 5.98. The standard InChI is InChI=1S/C19H17NO2/c1-13-12-17(16-10-6-7-11-18(16)20-13)19(21)22-14(2)15-8-4-3-5-9-15/h3-12,14H,1-2H3. The van der Waals surface area contributed by atoms with Crippen molar-refractivity contribution in [3.05, 3.63) is 77.5 Å². The predicted molar refractivity (Wildman–Crippen MR) is 86.8 cm³/mol. The molecule has 3 nitrogen and oxygen atoms in total. The quantitative estimate of drug-likeness (QED) is 0.669. The fourth-order valence-electron chi connectivity index (χ4n) is 2.49. The summed E-state index contributed by atoms with van der Waals surface area (Å²) >= 11 is 0. The Labute approximate surface area is 129 Å². The number of benzene rings is 2. The van der Waals surface area contributed by atoms with E-state index >= 15 is 0 Å². The van der Waals surface area contributed by atoms with Crippen LogP contribution in [0.5, 0.6) is 0 Å². The zero-order chi connectivity index (χ0) is 15.5. The average Bonchev–Trinajstić information content (AvgIpc) is 2.54. The van der Waals surface area contributed by atoms with Crippen LogP contribution in [0.4, 0.5) is 0 Å². The SMILES string of the molecule is Cc1cc(C(=O)OC(C)c2ccccc2)c2ccccc2n1. The van der Waals surface area contributed by atoms with Crippen LogP contribution in [0.1, 0.15) is 34.6 Å². The highest BCUT2D eigenvalue weighted by atomic mass is 16.5. The van der Waals surface area contributed by atoms with Gasteiger partial charge in [0.05, 0.1) is 11.1 Å². The van der Waals surface area contributed by atoms with E-state index in [0.717, 1.165) is 22.2 Å². The molecule has 2 aromatic carbocycles. The van der Waals surface area contributed by atoms with Crippen LogP contribution < -0.4 is 0 Å². The van der Waals surface area contributed by atoms with Crippen molar-refractivity contribution >= 4 is 16.9 Å². The molecule has 0 aliphatic heterocycles. The van der Waals surface area contributed by atoms with Crippen molar-refractivity contribution in [1.82, 2.24) is 4.98 Å². The minimum Gasteiger partial charge on any atom is -0.454 e.